The number of carboxylic acid groups (broad SMARTS) is 1. The summed E-state index contributed by atoms with van der Waals surface area (Å²) in [5.41, 5.74) is 5.02. The Morgan fingerprint density at radius 2 is 2.12 bits per heavy atom. The van der Waals surface area contributed by atoms with Crippen molar-refractivity contribution in [3.8, 4) is 5.88 Å². The first-order valence-corrected chi connectivity index (χ1v) is 4.49. The van der Waals surface area contributed by atoms with Crippen molar-refractivity contribution < 1.29 is 27.8 Å². The van der Waals surface area contributed by atoms with Gasteiger partial charge in [0.05, 0.1) is 18.7 Å². The van der Waals surface area contributed by atoms with Crippen molar-refractivity contribution in [2.24, 2.45) is 0 Å². The third-order valence-electron chi connectivity index (χ3n) is 1.73. The van der Waals surface area contributed by atoms with Gasteiger partial charge < -0.3 is 15.6 Å². The number of aromatic nitrogens is 1. The van der Waals surface area contributed by atoms with Crippen LogP contribution in [-0.2, 0) is 0 Å². The molecule has 0 bridgehead atoms. The molecule has 0 aliphatic heterocycles. The van der Waals surface area contributed by atoms with Crippen LogP contribution in [0.25, 0.3) is 0 Å². The molecule has 0 saturated heterocycles. The van der Waals surface area contributed by atoms with Gasteiger partial charge in [0.25, 0.3) is 0 Å². The lowest BCUT2D eigenvalue weighted by atomic mass is 10.3. The summed E-state index contributed by atoms with van der Waals surface area (Å²) in [6.07, 6.45) is -5.51. The van der Waals surface area contributed by atoms with Gasteiger partial charge in [-0.25, -0.2) is 9.78 Å². The van der Waals surface area contributed by atoms with Crippen molar-refractivity contribution >= 4 is 11.7 Å². The van der Waals surface area contributed by atoms with Gasteiger partial charge >= 0.3 is 12.1 Å². The normalized spacial score (nSPS) is 11.2. The lowest BCUT2D eigenvalue weighted by Gasteiger charge is -2.09. The Morgan fingerprint density at radius 1 is 1.47 bits per heavy atom. The Hall–Kier alpha value is -1.99. The van der Waals surface area contributed by atoms with Gasteiger partial charge in [0.15, 0.2) is 5.69 Å². The van der Waals surface area contributed by atoms with Crippen molar-refractivity contribution in [2.45, 2.75) is 12.6 Å². The van der Waals surface area contributed by atoms with Crippen LogP contribution < -0.4 is 10.5 Å². The fourth-order valence-corrected chi connectivity index (χ4v) is 0.949. The molecule has 8 heteroatoms. The molecule has 0 fully saturated rings. The first-order valence-electron chi connectivity index (χ1n) is 4.49. The van der Waals surface area contributed by atoms with Crippen molar-refractivity contribution in [1.82, 2.24) is 4.98 Å². The lowest BCUT2D eigenvalue weighted by molar-refractivity contribution is -0.139. The SMILES string of the molecule is Nc1ccc(C(=O)O)nc1OCCC(F)(F)F. The van der Waals surface area contributed by atoms with Crippen molar-refractivity contribution in [1.29, 1.82) is 0 Å². The van der Waals surface area contributed by atoms with E-state index in [4.69, 9.17) is 10.8 Å². The molecule has 17 heavy (non-hydrogen) atoms. The average Bonchev–Trinajstić information content (AvgIpc) is 2.18. The fraction of sp³-hybridized carbons (Fsp3) is 0.333. The largest absolute Gasteiger partial charge is 0.477 e. The minimum Gasteiger partial charge on any atom is -0.477 e. The molecule has 0 atom stereocenters. The number of nitrogens with two attached hydrogens (primary N) is 1. The Balaban J connectivity index is 2.70. The molecule has 0 amide bonds. The third-order valence-corrected chi connectivity index (χ3v) is 1.73. The first kappa shape index (κ1) is 13.1. The van der Waals surface area contributed by atoms with Gasteiger partial charge in [-0.3, -0.25) is 0 Å². The summed E-state index contributed by atoms with van der Waals surface area (Å²) in [5, 5.41) is 8.62. The standard InChI is InChI=1S/C9H9F3N2O3/c10-9(11,12)3-4-17-7-5(13)1-2-6(14-7)8(15)16/h1-2H,3-4,13H2,(H,15,16). The molecule has 0 spiro atoms. The number of rotatable bonds is 4. The molecule has 0 aliphatic carbocycles. The monoisotopic (exact) mass is 250 g/mol. The second-order valence-corrected chi connectivity index (χ2v) is 3.11. The summed E-state index contributed by atoms with van der Waals surface area (Å²) in [4.78, 5) is 14.0. The Kier molecular flexibility index (Phi) is 3.77. The third kappa shape index (κ3) is 4.17. The molecule has 0 radical (unpaired) electrons. The van der Waals surface area contributed by atoms with E-state index in [1.165, 1.54) is 6.07 Å². The quantitative estimate of drug-likeness (QED) is 0.849. The van der Waals surface area contributed by atoms with Gasteiger partial charge in [0, 0.05) is 0 Å². The van der Waals surface area contributed by atoms with Crippen LogP contribution in [-0.4, -0.2) is 28.8 Å². The molecule has 0 aromatic carbocycles. The second-order valence-electron chi connectivity index (χ2n) is 3.11. The molecular formula is C9H9F3N2O3. The van der Waals surface area contributed by atoms with E-state index in [-0.39, 0.29) is 17.3 Å². The van der Waals surface area contributed by atoms with Crippen LogP contribution in [0.2, 0.25) is 0 Å². The first-order chi connectivity index (χ1) is 7.79. The zero-order chi connectivity index (χ0) is 13.1. The van der Waals surface area contributed by atoms with Crippen LogP contribution in [0, 0.1) is 0 Å². The number of alkyl halides is 3. The number of anilines is 1. The number of nitrogens with zero attached hydrogens (tertiary/aromatic N) is 1. The van der Waals surface area contributed by atoms with Crippen LogP contribution in [0.15, 0.2) is 12.1 Å². The van der Waals surface area contributed by atoms with Gasteiger partial charge in [0.1, 0.15) is 0 Å². The lowest BCUT2D eigenvalue weighted by Crippen LogP contribution is -2.14. The molecule has 1 heterocycles. The topological polar surface area (TPSA) is 85.4 Å². The number of carboxylic acids is 1. The summed E-state index contributed by atoms with van der Waals surface area (Å²) in [6, 6.07) is 2.34. The summed E-state index contributed by atoms with van der Waals surface area (Å²) < 4.78 is 40.2. The maximum Gasteiger partial charge on any atom is 0.392 e. The molecular weight excluding hydrogens is 241 g/mol. The van der Waals surface area contributed by atoms with E-state index in [0.717, 1.165) is 6.07 Å². The minimum atomic E-state index is -4.35. The number of halogens is 3. The van der Waals surface area contributed by atoms with Crippen LogP contribution in [0.4, 0.5) is 18.9 Å². The predicted molar refractivity (Wildman–Crippen MR) is 51.8 cm³/mol. The van der Waals surface area contributed by atoms with E-state index in [2.05, 4.69) is 9.72 Å². The van der Waals surface area contributed by atoms with Crippen LogP contribution in [0.3, 0.4) is 0 Å². The average molecular weight is 250 g/mol. The highest BCUT2D eigenvalue weighted by Gasteiger charge is 2.27. The number of carbonyl (C=O) groups is 1. The van der Waals surface area contributed by atoms with E-state index < -0.39 is 25.2 Å². The summed E-state index contributed by atoms with van der Waals surface area (Å²) in [6.45, 7) is -0.663. The molecule has 0 saturated carbocycles. The fourth-order valence-electron chi connectivity index (χ4n) is 0.949. The van der Waals surface area contributed by atoms with E-state index in [1.54, 1.807) is 0 Å². The molecule has 94 valence electrons. The Morgan fingerprint density at radius 3 is 2.65 bits per heavy atom. The zero-order valence-electron chi connectivity index (χ0n) is 8.49. The van der Waals surface area contributed by atoms with Crippen molar-refractivity contribution in [3.63, 3.8) is 0 Å². The number of nitrogen functional groups attached to an aromatic ring is 1. The van der Waals surface area contributed by atoms with Gasteiger partial charge in [-0.05, 0) is 12.1 Å². The number of hydrogen-bond donors (Lipinski definition) is 2. The van der Waals surface area contributed by atoms with Crippen LogP contribution >= 0.6 is 0 Å². The maximum atomic E-state index is 11.8. The molecule has 0 unspecified atom stereocenters. The second kappa shape index (κ2) is 4.89. The number of pyridine rings is 1. The van der Waals surface area contributed by atoms with E-state index in [0.29, 0.717) is 0 Å². The van der Waals surface area contributed by atoms with Crippen molar-refractivity contribution in [3.05, 3.63) is 17.8 Å². The Bertz CT molecular complexity index is 420. The highest BCUT2D eigenvalue weighted by molar-refractivity contribution is 5.86. The zero-order valence-corrected chi connectivity index (χ0v) is 8.49. The minimum absolute atomic E-state index is 0.0165. The number of ether oxygens (including phenoxy) is 1. The molecule has 1 rings (SSSR count). The van der Waals surface area contributed by atoms with Crippen LogP contribution in [0.1, 0.15) is 16.9 Å². The van der Waals surface area contributed by atoms with Crippen molar-refractivity contribution in [2.75, 3.05) is 12.3 Å². The highest BCUT2D eigenvalue weighted by Crippen LogP contribution is 2.22. The van der Waals surface area contributed by atoms with Gasteiger partial charge in [-0.2, -0.15) is 13.2 Å². The molecule has 3 N–H and O–H groups in total. The molecule has 0 aliphatic rings. The maximum absolute atomic E-state index is 11.8. The summed E-state index contributed by atoms with van der Waals surface area (Å²) >= 11 is 0. The summed E-state index contributed by atoms with van der Waals surface area (Å²) in [7, 11) is 0. The smallest absolute Gasteiger partial charge is 0.392 e. The Labute approximate surface area is 94.0 Å². The molecule has 1 aromatic heterocycles. The number of hydrogen-bond acceptors (Lipinski definition) is 4. The summed E-state index contributed by atoms with van der Waals surface area (Å²) in [5.74, 6) is -1.63. The number of aromatic carboxylic acids is 1. The van der Waals surface area contributed by atoms with Gasteiger partial charge in [0.2, 0.25) is 5.88 Å². The van der Waals surface area contributed by atoms with Gasteiger partial charge in [-0.15, -0.1) is 0 Å². The molecule has 5 nitrogen and oxygen atoms in total. The molecule has 1 aromatic rings. The van der Waals surface area contributed by atoms with Crippen LogP contribution in [0.5, 0.6) is 5.88 Å². The predicted octanol–water partition coefficient (Wildman–Crippen LogP) is 1.69. The van der Waals surface area contributed by atoms with E-state index >= 15 is 0 Å². The van der Waals surface area contributed by atoms with E-state index in [9.17, 15) is 18.0 Å². The highest BCUT2D eigenvalue weighted by atomic mass is 19.4. The van der Waals surface area contributed by atoms with E-state index in [1.807, 2.05) is 0 Å². The van der Waals surface area contributed by atoms with Gasteiger partial charge in [-0.1, -0.05) is 0 Å².